The molecule has 1 saturated heterocycles. The van der Waals surface area contributed by atoms with Gasteiger partial charge in [0.15, 0.2) is 9.84 Å². The van der Waals surface area contributed by atoms with Gasteiger partial charge in [-0.3, -0.25) is 0 Å². The molecule has 0 radical (unpaired) electrons. The molecule has 0 bridgehead atoms. The summed E-state index contributed by atoms with van der Waals surface area (Å²) in [5, 5.41) is 0. The standard InChI is InChI=1S/C13H19NO2S/c1-10-4-2-3-5-12(10)13-6-7-17(15,16)9-11(13)8-14/h2-5,11,13H,6-9,14H2,1H3. The van der Waals surface area contributed by atoms with Crippen LogP contribution < -0.4 is 5.73 Å². The van der Waals surface area contributed by atoms with Gasteiger partial charge in [-0.1, -0.05) is 24.3 Å². The lowest BCUT2D eigenvalue weighted by Crippen LogP contribution is -2.36. The topological polar surface area (TPSA) is 60.2 Å². The average Bonchev–Trinajstić information content (AvgIpc) is 2.29. The Bertz CT molecular complexity index is 496. The molecule has 0 aromatic heterocycles. The van der Waals surface area contributed by atoms with E-state index in [4.69, 9.17) is 5.73 Å². The summed E-state index contributed by atoms with van der Waals surface area (Å²) < 4.78 is 23.3. The van der Waals surface area contributed by atoms with E-state index in [0.29, 0.717) is 24.6 Å². The van der Waals surface area contributed by atoms with Gasteiger partial charge in [0, 0.05) is 0 Å². The van der Waals surface area contributed by atoms with Crippen LogP contribution in [0.2, 0.25) is 0 Å². The van der Waals surface area contributed by atoms with E-state index in [1.807, 2.05) is 12.1 Å². The molecule has 94 valence electrons. The molecule has 1 aliphatic rings. The molecular weight excluding hydrogens is 234 g/mol. The molecule has 1 aromatic carbocycles. The molecule has 4 heteroatoms. The van der Waals surface area contributed by atoms with Crippen LogP contribution in [0.25, 0.3) is 0 Å². The maximum Gasteiger partial charge on any atom is 0.150 e. The van der Waals surface area contributed by atoms with E-state index in [1.54, 1.807) is 0 Å². The monoisotopic (exact) mass is 253 g/mol. The second-order valence-electron chi connectivity index (χ2n) is 4.86. The normalized spacial score (nSPS) is 27.9. The Balaban J connectivity index is 2.30. The molecule has 1 aromatic rings. The number of benzene rings is 1. The van der Waals surface area contributed by atoms with Crippen molar-refractivity contribution in [2.75, 3.05) is 18.1 Å². The summed E-state index contributed by atoms with van der Waals surface area (Å²) in [5.41, 5.74) is 8.23. The van der Waals surface area contributed by atoms with E-state index in [0.717, 1.165) is 0 Å². The van der Waals surface area contributed by atoms with Gasteiger partial charge in [-0.15, -0.1) is 0 Å². The zero-order valence-electron chi connectivity index (χ0n) is 10.1. The summed E-state index contributed by atoms with van der Waals surface area (Å²) in [6.45, 7) is 2.52. The summed E-state index contributed by atoms with van der Waals surface area (Å²) >= 11 is 0. The third-order valence-corrected chi connectivity index (χ3v) is 5.46. The number of rotatable bonds is 2. The highest BCUT2D eigenvalue weighted by Crippen LogP contribution is 2.35. The smallest absolute Gasteiger partial charge is 0.150 e. The van der Waals surface area contributed by atoms with Gasteiger partial charge in [0.05, 0.1) is 11.5 Å². The van der Waals surface area contributed by atoms with Gasteiger partial charge in [0.2, 0.25) is 0 Å². The van der Waals surface area contributed by atoms with Crippen molar-refractivity contribution < 1.29 is 8.42 Å². The Labute approximate surface area is 103 Å². The number of sulfone groups is 1. The first-order chi connectivity index (χ1) is 8.03. The van der Waals surface area contributed by atoms with Crippen LogP contribution in [0.5, 0.6) is 0 Å². The first-order valence-electron chi connectivity index (χ1n) is 5.99. The molecule has 3 nitrogen and oxygen atoms in total. The minimum atomic E-state index is -2.88. The van der Waals surface area contributed by atoms with Crippen LogP contribution in [0.3, 0.4) is 0 Å². The van der Waals surface area contributed by atoms with E-state index < -0.39 is 9.84 Å². The Morgan fingerprint density at radius 1 is 1.35 bits per heavy atom. The van der Waals surface area contributed by atoms with Gasteiger partial charge >= 0.3 is 0 Å². The van der Waals surface area contributed by atoms with Crippen molar-refractivity contribution in [3.05, 3.63) is 35.4 Å². The quantitative estimate of drug-likeness (QED) is 0.868. The van der Waals surface area contributed by atoms with Gasteiger partial charge in [-0.25, -0.2) is 8.42 Å². The van der Waals surface area contributed by atoms with E-state index in [1.165, 1.54) is 11.1 Å². The molecule has 0 amide bonds. The fourth-order valence-corrected chi connectivity index (χ4v) is 4.51. The van der Waals surface area contributed by atoms with Crippen LogP contribution in [-0.2, 0) is 9.84 Å². The molecule has 2 atom stereocenters. The molecule has 1 heterocycles. The van der Waals surface area contributed by atoms with Crippen molar-refractivity contribution >= 4 is 9.84 Å². The molecule has 2 N–H and O–H groups in total. The van der Waals surface area contributed by atoms with Crippen molar-refractivity contribution in [1.29, 1.82) is 0 Å². The largest absolute Gasteiger partial charge is 0.330 e. The maximum atomic E-state index is 11.6. The summed E-state index contributed by atoms with van der Waals surface area (Å²) in [5.74, 6) is 0.893. The predicted octanol–water partition coefficient (Wildman–Crippen LogP) is 1.47. The Hall–Kier alpha value is -0.870. The van der Waals surface area contributed by atoms with Crippen molar-refractivity contribution in [1.82, 2.24) is 0 Å². The van der Waals surface area contributed by atoms with Crippen LogP contribution in [0, 0.1) is 12.8 Å². The van der Waals surface area contributed by atoms with Crippen LogP contribution in [-0.4, -0.2) is 26.5 Å². The molecule has 2 unspecified atom stereocenters. The molecule has 1 fully saturated rings. The van der Waals surface area contributed by atoms with Crippen molar-refractivity contribution in [2.24, 2.45) is 11.7 Å². The van der Waals surface area contributed by atoms with Crippen molar-refractivity contribution in [3.8, 4) is 0 Å². The van der Waals surface area contributed by atoms with E-state index >= 15 is 0 Å². The zero-order chi connectivity index (χ0) is 12.5. The molecule has 1 aliphatic heterocycles. The lowest BCUT2D eigenvalue weighted by atomic mass is 9.82. The van der Waals surface area contributed by atoms with Gasteiger partial charge in [-0.2, -0.15) is 0 Å². The van der Waals surface area contributed by atoms with Crippen LogP contribution in [0.4, 0.5) is 0 Å². The number of nitrogens with two attached hydrogens (primary N) is 1. The van der Waals surface area contributed by atoms with E-state index in [9.17, 15) is 8.42 Å². The molecule has 2 rings (SSSR count). The lowest BCUT2D eigenvalue weighted by Gasteiger charge is -2.31. The summed E-state index contributed by atoms with van der Waals surface area (Å²) in [7, 11) is -2.88. The van der Waals surface area contributed by atoms with Crippen LogP contribution in [0.1, 0.15) is 23.5 Å². The van der Waals surface area contributed by atoms with Crippen molar-refractivity contribution in [3.63, 3.8) is 0 Å². The van der Waals surface area contributed by atoms with Gasteiger partial charge in [-0.05, 0) is 42.9 Å². The zero-order valence-corrected chi connectivity index (χ0v) is 10.9. The summed E-state index contributed by atoms with van der Waals surface area (Å²) in [6, 6.07) is 8.20. The second kappa shape index (κ2) is 4.78. The number of hydrogen-bond acceptors (Lipinski definition) is 3. The summed E-state index contributed by atoms with van der Waals surface area (Å²) in [4.78, 5) is 0. The fourth-order valence-electron chi connectivity index (χ4n) is 2.71. The predicted molar refractivity (Wildman–Crippen MR) is 69.7 cm³/mol. The Kier molecular flexibility index (Phi) is 3.54. The number of hydrogen-bond donors (Lipinski definition) is 1. The molecule has 0 saturated carbocycles. The Morgan fingerprint density at radius 2 is 2.06 bits per heavy atom. The van der Waals surface area contributed by atoms with Gasteiger partial charge in [0.1, 0.15) is 0 Å². The highest BCUT2D eigenvalue weighted by atomic mass is 32.2. The highest BCUT2D eigenvalue weighted by molar-refractivity contribution is 7.91. The third-order valence-electron chi connectivity index (χ3n) is 3.67. The maximum absolute atomic E-state index is 11.6. The van der Waals surface area contributed by atoms with Crippen molar-refractivity contribution in [2.45, 2.75) is 19.3 Å². The molecule has 0 aliphatic carbocycles. The minimum absolute atomic E-state index is 0.0647. The second-order valence-corrected chi connectivity index (χ2v) is 7.09. The van der Waals surface area contributed by atoms with E-state index in [-0.39, 0.29) is 11.7 Å². The fraction of sp³-hybridized carbons (Fsp3) is 0.538. The minimum Gasteiger partial charge on any atom is -0.330 e. The molecule has 17 heavy (non-hydrogen) atoms. The average molecular weight is 253 g/mol. The van der Waals surface area contributed by atoms with Gasteiger partial charge in [0.25, 0.3) is 0 Å². The molecular formula is C13H19NO2S. The summed E-state index contributed by atoms with van der Waals surface area (Å²) in [6.07, 6.45) is 0.703. The number of aryl methyl sites for hydroxylation is 1. The molecule has 0 spiro atoms. The Morgan fingerprint density at radius 3 is 2.71 bits per heavy atom. The highest BCUT2D eigenvalue weighted by Gasteiger charge is 2.33. The lowest BCUT2D eigenvalue weighted by molar-refractivity contribution is 0.430. The third kappa shape index (κ3) is 2.69. The first kappa shape index (κ1) is 12.6. The van der Waals surface area contributed by atoms with Gasteiger partial charge < -0.3 is 5.73 Å². The van der Waals surface area contributed by atoms with E-state index in [2.05, 4.69) is 19.1 Å². The van der Waals surface area contributed by atoms with Crippen LogP contribution in [0.15, 0.2) is 24.3 Å². The van der Waals surface area contributed by atoms with Crippen LogP contribution >= 0.6 is 0 Å². The first-order valence-corrected chi connectivity index (χ1v) is 7.81. The SMILES string of the molecule is Cc1ccccc1C1CCS(=O)(=O)CC1CN.